The molecule has 0 N–H and O–H groups in total. The quantitative estimate of drug-likeness (QED) is 0.777. The fourth-order valence-electron chi connectivity index (χ4n) is 2.33. The minimum atomic E-state index is -0.555. The van der Waals surface area contributed by atoms with Crippen molar-refractivity contribution >= 4 is 17.8 Å². The average molecular weight is 261 g/mol. The van der Waals surface area contributed by atoms with Crippen LogP contribution >= 0.6 is 0 Å². The molecule has 0 saturated heterocycles. The number of fused-ring (bicyclic) bond motifs is 1. The lowest BCUT2D eigenvalue weighted by molar-refractivity contribution is -0.144. The molecule has 0 bridgehead atoms. The Morgan fingerprint density at radius 2 is 2.00 bits per heavy atom. The van der Waals surface area contributed by atoms with Crippen LogP contribution in [0.1, 0.15) is 42.2 Å². The summed E-state index contributed by atoms with van der Waals surface area (Å²) in [5.74, 6) is -1.13. The SMILES string of the molecule is CCOC(=O)CC1c2ccccc2C(=O)N1C(C)=O. The monoisotopic (exact) mass is 261 g/mol. The van der Waals surface area contributed by atoms with Gasteiger partial charge in [-0.3, -0.25) is 19.3 Å². The summed E-state index contributed by atoms with van der Waals surface area (Å²) in [5, 5.41) is 0. The predicted octanol–water partition coefficient (Wildman–Crippen LogP) is 1.68. The lowest BCUT2D eigenvalue weighted by atomic mass is 10.0. The number of ether oxygens (including phenoxy) is 1. The first kappa shape index (κ1) is 13.3. The van der Waals surface area contributed by atoms with Gasteiger partial charge in [-0.15, -0.1) is 0 Å². The van der Waals surface area contributed by atoms with Gasteiger partial charge in [0.05, 0.1) is 19.1 Å². The summed E-state index contributed by atoms with van der Waals surface area (Å²) >= 11 is 0. The molecule has 0 radical (unpaired) electrons. The molecule has 5 nitrogen and oxygen atoms in total. The number of benzene rings is 1. The first-order valence-corrected chi connectivity index (χ1v) is 6.15. The van der Waals surface area contributed by atoms with Crippen molar-refractivity contribution in [3.05, 3.63) is 35.4 Å². The van der Waals surface area contributed by atoms with Gasteiger partial charge < -0.3 is 4.74 Å². The summed E-state index contributed by atoms with van der Waals surface area (Å²) in [6, 6.07) is 6.40. The maximum Gasteiger partial charge on any atom is 0.308 e. The topological polar surface area (TPSA) is 63.7 Å². The second-order valence-electron chi connectivity index (χ2n) is 4.31. The highest BCUT2D eigenvalue weighted by Crippen LogP contribution is 2.35. The van der Waals surface area contributed by atoms with Crippen molar-refractivity contribution < 1.29 is 19.1 Å². The molecule has 1 aromatic carbocycles. The van der Waals surface area contributed by atoms with Gasteiger partial charge >= 0.3 is 5.97 Å². The van der Waals surface area contributed by atoms with Gasteiger partial charge in [0.1, 0.15) is 0 Å². The number of imide groups is 1. The number of esters is 1. The van der Waals surface area contributed by atoms with Gasteiger partial charge in [-0.25, -0.2) is 0 Å². The van der Waals surface area contributed by atoms with Gasteiger partial charge in [0.2, 0.25) is 5.91 Å². The molecule has 2 amide bonds. The minimum absolute atomic E-state index is 0.00380. The van der Waals surface area contributed by atoms with Crippen molar-refractivity contribution in [2.24, 2.45) is 0 Å². The van der Waals surface area contributed by atoms with Gasteiger partial charge in [-0.2, -0.15) is 0 Å². The highest BCUT2D eigenvalue weighted by Gasteiger charge is 2.40. The number of carbonyl (C=O) groups is 3. The molecule has 1 atom stereocenters. The smallest absolute Gasteiger partial charge is 0.308 e. The third kappa shape index (κ3) is 2.36. The van der Waals surface area contributed by atoms with Crippen LogP contribution in [0.25, 0.3) is 0 Å². The zero-order valence-corrected chi connectivity index (χ0v) is 10.9. The van der Waals surface area contributed by atoms with Gasteiger partial charge in [-0.05, 0) is 18.6 Å². The number of hydrogen-bond acceptors (Lipinski definition) is 4. The lowest BCUT2D eigenvalue weighted by Gasteiger charge is -2.21. The van der Waals surface area contributed by atoms with Crippen LogP contribution in [-0.4, -0.2) is 29.3 Å². The Morgan fingerprint density at radius 1 is 1.32 bits per heavy atom. The Labute approximate surface area is 111 Å². The van der Waals surface area contributed by atoms with Crippen molar-refractivity contribution in [2.75, 3.05) is 6.61 Å². The third-order valence-electron chi connectivity index (χ3n) is 3.09. The highest BCUT2D eigenvalue weighted by molar-refractivity contribution is 6.08. The molecule has 1 aliphatic rings. The molecular weight excluding hydrogens is 246 g/mol. The molecule has 0 fully saturated rings. The predicted molar refractivity (Wildman–Crippen MR) is 67.3 cm³/mol. The van der Waals surface area contributed by atoms with Gasteiger partial charge in [0.25, 0.3) is 5.91 Å². The van der Waals surface area contributed by atoms with Crippen LogP contribution in [0.2, 0.25) is 0 Å². The van der Waals surface area contributed by atoms with Crippen molar-refractivity contribution in [2.45, 2.75) is 26.3 Å². The van der Waals surface area contributed by atoms with Crippen molar-refractivity contribution in [3.63, 3.8) is 0 Å². The summed E-state index contributed by atoms with van der Waals surface area (Å²) in [6.45, 7) is 3.32. The normalized spacial score (nSPS) is 17.3. The molecule has 0 saturated carbocycles. The van der Waals surface area contributed by atoms with Crippen LogP contribution in [0.5, 0.6) is 0 Å². The number of carbonyl (C=O) groups excluding carboxylic acids is 3. The molecule has 1 aromatic rings. The maximum absolute atomic E-state index is 12.1. The van der Waals surface area contributed by atoms with E-state index in [9.17, 15) is 14.4 Å². The van der Waals surface area contributed by atoms with E-state index in [0.29, 0.717) is 11.1 Å². The van der Waals surface area contributed by atoms with Crippen LogP contribution in [0.4, 0.5) is 0 Å². The van der Waals surface area contributed by atoms with E-state index in [2.05, 4.69) is 0 Å². The Morgan fingerprint density at radius 3 is 2.63 bits per heavy atom. The van der Waals surface area contributed by atoms with Gasteiger partial charge in [0, 0.05) is 12.5 Å². The van der Waals surface area contributed by atoms with Gasteiger partial charge in [0.15, 0.2) is 0 Å². The molecule has 1 heterocycles. The fraction of sp³-hybridized carbons (Fsp3) is 0.357. The van der Waals surface area contributed by atoms with Gasteiger partial charge in [-0.1, -0.05) is 18.2 Å². The van der Waals surface area contributed by atoms with E-state index in [0.717, 1.165) is 4.90 Å². The number of hydrogen-bond donors (Lipinski definition) is 0. The third-order valence-corrected chi connectivity index (χ3v) is 3.09. The summed E-state index contributed by atoms with van der Waals surface area (Å²) in [7, 11) is 0. The molecule has 5 heteroatoms. The van der Waals surface area contributed by atoms with E-state index in [1.54, 1.807) is 31.2 Å². The first-order chi connectivity index (χ1) is 9.06. The summed E-state index contributed by atoms with van der Waals surface area (Å²) in [5.41, 5.74) is 1.18. The van der Waals surface area contributed by atoms with Crippen LogP contribution in [0.15, 0.2) is 24.3 Å². The van der Waals surface area contributed by atoms with Crippen LogP contribution in [0.3, 0.4) is 0 Å². The Balaban J connectivity index is 2.35. The number of nitrogens with zero attached hydrogens (tertiary/aromatic N) is 1. The largest absolute Gasteiger partial charge is 0.466 e. The summed E-state index contributed by atoms with van der Waals surface area (Å²) in [4.78, 5) is 36.5. The lowest BCUT2D eigenvalue weighted by Crippen LogP contribution is -2.33. The second kappa shape index (κ2) is 5.22. The molecule has 0 spiro atoms. The maximum atomic E-state index is 12.1. The highest BCUT2D eigenvalue weighted by atomic mass is 16.5. The zero-order valence-electron chi connectivity index (χ0n) is 10.9. The van der Waals surface area contributed by atoms with Crippen LogP contribution < -0.4 is 0 Å². The number of rotatable bonds is 3. The molecule has 1 aliphatic heterocycles. The molecule has 0 aliphatic carbocycles. The molecule has 19 heavy (non-hydrogen) atoms. The summed E-state index contributed by atoms with van der Waals surface area (Å²) < 4.78 is 4.89. The Kier molecular flexibility index (Phi) is 3.64. The summed E-state index contributed by atoms with van der Waals surface area (Å²) in [6.07, 6.45) is -0.00380. The second-order valence-corrected chi connectivity index (χ2v) is 4.31. The standard InChI is InChI=1S/C14H15NO4/c1-3-19-13(17)8-12-10-6-4-5-7-11(10)14(18)15(12)9(2)16/h4-7,12H,3,8H2,1-2H3. The van der Waals surface area contributed by atoms with E-state index in [1.807, 2.05) is 0 Å². The van der Waals surface area contributed by atoms with E-state index in [4.69, 9.17) is 4.74 Å². The first-order valence-electron chi connectivity index (χ1n) is 6.15. The zero-order chi connectivity index (χ0) is 14.0. The Hall–Kier alpha value is -2.17. The van der Waals surface area contributed by atoms with Crippen molar-refractivity contribution in [1.82, 2.24) is 4.90 Å². The molecule has 0 aromatic heterocycles. The van der Waals surface area contributed by atoms with E-state index in [-0.39, 0.29) is 24.8 Å². The van der Waals surface area contributed by atoms with E-state index >= 15 is 0 Å². The molecule has 2 rings (SSSR count). The minimum Gasteiger partial charge on any atom is -0.466 e. The fourth-order valence-corrected chi connectivity index (χ4v) is 2.33. The van der Waals surface area contributed by atoms with Crippen molar-refractivity contribution in [1.29, 1.82) is 0 Å². The number of amides is 2. The van der Waals surface area contributed by atoms with E-state index < -0.39 is 12.0 Å². The molecular formula is C14H15NO4. The van der Waals surface area contributed by atoms with Crippen molar-refractivity contribution in [3.8, 4) is 0 Å². The van der Waals surface area contributed by atoms with E-state index in [1.165, 1.54) is 6.92 Å². The molecule has 100 valence electrons. The van der Waals surface area contributed by atoms with Crippen LogP contribution in [0, 0.1) is 0 Å². The van der Waals surface area contributed by atoms with Crippen LogP contribution in [-0.2, 0) is 14.3 Å². The average Bonchev–Trinajstić information content (AvgIpc) is 2.64. The Bertz CT molecular complexity index is 538. The molecule has 1 unspecified atom stereocenters.